The third kappa shape index (κ3) is 7.16. The fraction of sp³-hybridized carbons (Fsp3) is 0.667. The van der Waals surface area contributed by atoms with Crippen LogP contribution in [0.3, 0.4) is 0 Å². The van der Waals surface area contributed by atoms with E-state index in [0.717, 1.165) is 11.8 Å². The van der Waals surface area contributed by atoms with Gasteiger partial charge in [0.2, 0.25) is 0 Å². The summed E-state index contributed by atoms with van der Waals surface area (Å²) in [5.74, 6) is -0.444. The zero-order chi connectivity index (χ0) is 22.5. The van der Waals surface area contributed by atoms with Gasteiger partial charge in [-0.05, 0) is 37.5 Å². The number of carbonyl (C=O) groups excluding carboxylic acids is 2. The minimum Gasteiger partial charge on any atom is -0.413 e. The summed E-state index contributed by atoms with van der Waals surface area (Å²) in [4.78, 5) is 24.5. The molecule has 1 aromatic carbocycles. The van der Waals surface area contributed by atoms with Gasteiger partial charge in [-0.1, -0.05) is 65.0 Å². The van der Waals surface area contributed by atoms with Gasteiger partial charge in [0.15, 0.2) is 14.1 Å². The van der Waals surface area contributed by atoms with E-state index in [1.54, 1.807) is 13.8 Å². The number of aldehydes is 1. The Bertz CT molecular complexity index is 661. The fourth-order valence-electron chi connectivity index (χ4n) is 3.05. The van der Waals surface area contributed by atoms with E-state index < -0.39 is 13.7 Å². The maximum Gasteiger partial charge on any atom is 0.192 e. The number of ether oxygens (including phenoxy) is 1. The number of Topliss-reactive ketones (excluding diaryl/α,β-unsaturated/α-hetero) is 1. The molecule has 5 heteroatoms. The van der Waals surface area contributed by atoms with Crippen LogP contribution in [0, 0.1) is 17.3 Å². The largest absolute Gasteiger partial charge is 0.413 e. The first-order chi connectivity index (χ1) is 13.2. The van der Waals surface area contributed by atoms with Crippen LogP contribution < -0.4 is 0 Å². The van der Waals surface area contributed by atoms with E-state index in [1.165, 1.54) is 0 Å². The second kappa shape index (κ2) is 10.1. The second-order valence-electron chi connectivity index (χ2n) is 10.3. The average Bonchev–Trinajstić information content (AvgIpc) is 2.64. The molecular formula is C24H40O4Si. The second-order valence-corrected chi connectivity index (χ2v) is 15.1. The number of benzene rings is 1. The summed E-state index contributed by atoms with van der Waals surface area (Å²) >= 11 is 0. The third-order valence-corrected chi connectivity index (χ3v) is 10.6. The third-order valence-electron chi connectivity index (χ3n) is 6.13. The molecule has 0 fully saturated rings. The zero-order valence-corrected chi connectivity index (χ0v) is 20.7. The zero-order valence-electron chi connectivity index (χ0n) is 19.7. The molecule has 3 atom stereocenters. The summed E-state index contributed by atoms with van der Waals surface area (Å²) in [6.45, 7) is 19.3. The van der Waals surface area contributed by atoms with Crippen molar-refractivity contribution in [3.05, 3.63) is 35.9 Å². The molecule has 29 heavy (non-hydrogen) atoms. The molecule has 0 heterocycles. The fourth-order valence-corrected chi connectivity index (χ4v) is 4.52. The van der Waals surface area contributed by atoms with Crippen LogP contribution >= 0.6 is 0 Å². The highest BCUT2D eigenvalue weighted by molar-refractivity contribution is 6.74. The van der Waals surface area contributed by atoms with Gasteiger partial charge in [0.25, 0.3) is 0 Å². The van der Waals surface area contributed by atoms with Gasteiger partial charge in [-0.15, -0.1) is 0 Å². The highest BCUT2D eigenvalue weighted by atomic mass is 28.4. The van der Waals surface area contributed by atoms with Crippen molar-refractivity contribution < 1.29 is 18.8 Å². The van der Waals surface area contributed by atoms with Crippen LogP contribution in [-0.2, 0) is 25.4 Å². The molecule has 0 aliphatic heterocycles. The molecule has 1 rings (SSSR count). The molecule has 0 saturated carbocycles. The van der Waals surface area contributed by atoms with E-state index in [1.807, 2.05) is 37.3 Å². The summed E-state index contributed by atoms with van der Waals surface area (Å²) in [6.07, 6.45) is 0.449. The van der Waals surface area contributed by atoms with Gasteiger partial charge in [-0.2, -0.15) is 0 Å². The highest BCUT2D eigenvalue weighted by Crippen LogP contribution is 2.40. The summed E-state index contributed by atoms with van der Waals surface area (Å²) in [5, 5.41) is 0.0266. The van der Waals surface area contributed by atoms with Crippen LogP contribution in [0.4, 0.5) is 0 Å². The molecule has 164 valence electrons. The minimum absolute atomic E-state index is 0.0224. The van der Waals surface area contributed by atoms with E-state index in [2.05, 4.69) is 40.8 Å². The van der Waals surface area contributed by atoms with Gasteiger partial charge in [0.1, 0.15) is 6.29 Å². The molecule has 0 amide bonds. The van der Waals surface area contributed by atoms with Crippen molar-refractivity contribution >= 4 is 20.4 Å². The summed E-state index contributed by atoms with van der Waals surface area (Å²) in [7, 11) is -2.11. The average molecular weight is 421 g/mol. The first kappa shape index (κ1) is 25.7. The van der Waals surface area contributed by atoms with E-state index >= 15 is 0 Å². The van der Waals surface area contributed by atoms with Gasteiger partial charge < -0.3 is 14.0 Å². The van der Waals surface area contributed by atoms with Crippen molar-refractivity contribution in [1.29, 1.82) is 0 Å². The lowest BCUT2D eigenvalue weighted by atomic mass is 9.78. The Morgan fingerprint density at radius 3 is 2.10 bits per heavy atom. The SMILES string of the molecule is C[C@@H](COCc1ccccc1)[C@@H](O[Si](C)(C)C(C)(C)C)[C@@H](C)C(=O)C(C)(C)C=O. The van der Waals surface area contributed by atoms with Gasteiger partial charge in [-0.3, -0.25) is 4.79 Å². The lowest BCUT2D eigenvalue weighted by molar-refractivity contribution is -0.139. The Morgan fingerprint density at radius 1 is 1.07 bits per heavy atom. The van der Waals surface area contributed by atoms with E-state index in [4.69, 9.17) is 9.16 Å². The molecule has 0 spiro atoms. The van der Waals surface area contributed by atoms with Crippen molar-refractivity contribution in [1.82, 2.24) is 0 Å². The predicted octanol–water partition coefficient (Wildman–Crippen LogP) is 5.66. The summed E-state index contributed by atoms with van der Waals surface area (Å²) < 4.78 is 12.7. The molecule has 4 nitrogen and oxygen atoms in total. The highest BCUT2D eigenvalue weighted by Gasteiger charge is 2.44. The van der Waals surface area contributed by atoms with Crippen molar-refractivity contribution in [2.75, 3.05) is 6.61 Å². The van der Waals surface area contributed by atoms with Crippen LogP contribution in [0.1, 0.15) is 54.0 Å². The van der Waals surface area contributed by atoms with Crippen LogP contribution in [-0.4, -0.2) is 33.1 Å². The predicted molar refractivity (Wildman–Crippen MR) is 121 cm³/mol. The Kier molecular flexibility index (Phi) is 9.00. The number of carbonyl (C=O) groups is 2. The lowest BCUT2D eigenvalue weighted by Crippen LogP contribution is -2.50. The maximum atomic E-state index is 13.0. The number of ketones is 1. The van der Waals surface area contributed by atoms with Gasteiger partial charge in [0.05, 0.1) is 24.7 Å². The van der Waals surface area contributed by atoms with Crippen LogP contribution in [0.5, 0.6) is 0 Å². The number of hydrogen-bond acceptors (Lipinski definition) is 4. The number of hydrogen-bond donors (Lipinski definition) is 0. The first-order valence-electron chi connectivity index (χ1n) is 10.5. The summed E-state index contributed by atoms with van der Waals surface area (Å²) in [6, 6.07) is 10.0. The molecule has 0 radical (unpaired) electrons. The topological polar surface area (TPSA) is 52.6 Å². The minimum atomic E-state index is -2.11. The molecule has 1 aromatic rings. The Morgan fingerprint density at radius 2 is 1.62 bits per heavy atom. The Hall–Kier alpha value is -1.30. The van der Waals surface area contributed by atoms with E-state index in [0.29, 0.717) is 13.2 Å². The van der Waals surface area contributed by atoms with Crippen molar-refractivity contribution in [2.45, 2.75) is 79.3 Å². The lowest BCUT2D eigenvalue weighted by Gasteiger charge is -2.43. The molecular weight excluding hydrogens is 380 g/mol. The first-order valence-corrected chi connectivity index (χ1v) is 13.4. The van der Waals surface area contributed by atoms with Crippen molar-refractivity contribution in [3.8, 4) is 0 Å². The molecule has 0 aliphatic rings. The Labute approximate surface area is 178 Å². The van der Waals surface area contributed by atoms with Crippen LogP contribution in [0.25, 0.3) is 0 Å². The monoisotopic (exact) mass is 420 g/mol. The molecule has 0 bridgehead atoms. The molecule has 0 saturated heterocycles. The Balaban J connectivity index is 2.99. The van der Waals surface area contributed by atoms with E-state index in [-0.39, 0.29) is 28.8 Å². The van der Waals surface area contributed by atoms with Gasteiger partial charge in [0, 0.05) is 11.8 Å². The maximum absolute atomic E-state index is 13.0. The standard InChI is InChI=1S/C24H40O4Si/c1-18(15-27-16-20-13-11-10-12-14-20)21(28-29(8,9)23(3,4)5)19(2)22(26)24(6,7)17-25/h10-14,17-19,21H,15-16H2,1-9H3/t18-,19+,21+/m0/s1. The smallest absolute Gasteiger partial charge is 0.192 e. The summed E-state index contributed by atoms with van der Waals surface area (Å²) in [5.41, 5.74) is 0.104. The molecule has 0 aromatic heterocycles. The van der Waals surface area contributed by atoms with Gasteiger partial charge >= 0.3 is 0 Å². The van der Waals surface area contributed by atoms with Crippen LogP contribution in [0.2, 0.25) is 18.1 Å². The molecule has 0 aliphatic carbocycles. The normalized spacial score (nSPS) is 16.2. The molecule has 0 unspecified atom stereocenters. The van der Waals surface area contributed by atoms with E-state index in [9.17, 15) is 9.59 Å². The van der Waals surface area contributed by atoms with Crippen molar-refractivity contribution in [2.24, 2.45) is 17.3 Å². The quantitative estimate of drug-likeness (QED) is 0.263. The van der Waals surface area contributed by atoms with Gasteiger partial charge in [-0.25, -0.2) is 0 Å². The molecule has 0 N–H and O–H groups in total. The van der Waals surface area contributed by atoms with Crippen LogP contribution in [0.15, 0.2) is 30.3 Å². The van der Waals surface area contributed by atoms with Crippen molar-refractivity contribution in [3.63, 3.8) is 0 Å². The number of rotatable bonds is 11.